The minimum atomic E-state index is 0.218. The molecular weight excluding hydrogens is 352 g/mol. The number of anilines is 1. The van der Waals surface area contributed by atoms with Crippen molar-refractivity contribution in [2.45, 2.75) is 13.0 Å². The second-order valence-corrected chi connectivity index (χ2v) is 6.47. The zero-order valence-electron chi connectivity index (χ0n) is 14.2. The van der Waals surface area contributed by atoms with Crippen molar-refractivity contribution in [2.24, 2.45) is 0 Å². The van der Waals surface area contributed by atoms with Gasteiger partial charge in [-0.25, -0.2) is 4.98 Å². The van der Waals surface area contributed by atoms with Crippen LogP contribution in [0.3, 0.4) is 0 Å². The molecule has 26 heavy (non-hydrogen) atoms. The van der Waals surface area contributed by atoms with E-state index in [-0.39, 0.29) is 11.8 Å². The van der Waals surface area contributed by atoms with Gasteiger partial charge in [-0.1, -0.05) is 5.92 Å². The zero-order chi connectivity index (χ0) is 17.9. The van der Waals surface area contributed by atoms with Gasteiger partial charge in [0.2, 0.25) is 0 Å². The van der Waals surface area contributed by atoms with Crippen LogP contribution >= 0.6 is 0 Å². The van der Waals surface area contributed by atoms with Crippen molar-refractivity contribution in [2.75, 3.05) is 30.4 Å². The van der Waals surface area contributed by atoms with E-state index in [1.807, 2.05) is 12.1 Å². The Hall–Kier alpha value is -2.83. The molecule has 0 saturated carbocycles. The first-order valence-corrected chi connectivity index (χ1v) is 9.15. The van der Waals surface area contributed by atoms with Crippen LogP contribution in [0.2, 0.25) is 0 Å². The molecule has 0 radical (unpaired) electrons. The Morgan fingerprint density at radius 2 is 2.42 bits per heavy atom. The van der Waals surface area contributed by atoms with E-state index in [1.54, 1.807) is 17.1 Å². The fourth-order valence-corrected chi connectivity index (χ4v) is 3.14. The molecule has 1 saturated heterocycles. The number of hydrogen-bond donors (Lipinski definition) is 1. The number of hydrogen-bond acceptors (Lipinski definition) is 6. The molecule has 1 aliphatic rings. The van der Waals surface area contributed by atoms with E-state index >= 15 is 0 Å². The lowest BCUT2D eigenvalue weighted by molar-refractivity contribution is 0.0985. The minimum absolute atomic E-state index is 0.218. The van der Waals surface area contributed by atoms with Gasteiger partial charge >= 0.3 is 11.7 Å². The lowest BCUT2D eigenvalue weighted by atomic mass is 10.1. The Kier molecular flexibility index (Phi) is 4.60. The van der Waals surface area contributed by atoms with E-state index in [4.69, 9.17) is 9.72 Å². The van der Waals surface area contributed by atoms with Gasteiger partial charge in [0.15, 0.2) is 11.5 Å². The van der Waals surface area contributed by atoms with Crippen molar-refractivity contribution in [3.8, 4) is 17.7 Å². The van der Waals surface area contributed by atoms with Crippen LogP contribution in [0.25, 0.3) is 16.9 Å². The molecule has 1 N–H and O–H groups in total. The maximum Gasteiger partial charge on any atom is 0.472 e. The lowest BCUT2D eigenvalue weighted by Crippen LogP contribution is -2.44. The number of fused-ring (bicyclic) bond motifs is 1. The molecule has 3 aromatic rings. The van der Waals surface area contributed by atoms with Gasteiger partial charge in [0.1, 0.15) is 5.82 Å². The molecule has 0 aromatic carbocycles. The van der Waals surface area contributed by atoms with E-state index in [1.165, 1.54) is 0 Å². The molecule has 8 nitrogen and oxygen atoms in total. The smallest absolute Gasteiger partial charge is 0.377 e. The van der Waals surface area contributed by atoms with Gasteiger partial charge in [0.25, 0.3) is 5.75 Å². The summed E-state index contributed by atoms with van der Waals surface area (Å²) in [5.74, 6) is 7.79. The molecule has 0 amide bonds. The third kappa shape index (κ3) is 3.05. The highest BCUT2D eigenvalue weighted by Gasteiger charge is 2.22. The largest absolute Gasteiger partial charge is 0.472 e. The number of aromatic amines is 1. The number of rotatable bonds is 3. The lowest BCUT2D eigenvalue weighted by Gasteiger charge is -2.34. The second kappa shape index (κ2) is 7.19. The molecule has 0 aliphatic carbocycles. The van der Waals surface area contributed by atoms with E-state index < -0.39 is 0 Å². The molecule has 0 bridgehead atoms. The zero-order valence-corrected chi connectivity index (χ0v) is 15.0. The summed E-state index contributed by atoms with van der Waals surface area (Å²) in [5, 5.41) is 12.2. The van der Waals surface area contributed by atoms with Crippen molar-refractivity contribution in [1.29, 1.82) is 0 Å². The van der Waals surface area contributed by atoms with E-state index in [9.17, 15) is 4.21 Å². The number of pyridine rings is 1. The summed E-state index contributed by atoms with van der Waals surface area (Å²) in [5.41, 5.74) is 1.51. The number of morpholine rings is 1. The number of nitrogens with one attached hydrogen (secondary N) is 1. The van der Waals surface area contributed by atoms with Gasteiger partial charge in [0, 0.05) is 22.4 Å². The van der Waals surface area contributed by atoms with Crippen molar-refractivity contribution < 1.29 is 8.95 Å². The highest BCUT2D eigenvalue weighted by molar-refractivity contribution is 7.65. The molecule has 9 heteroatoms. The average molecular weight is 369 g/mol. The summed E-state index contributed by atoms with van der Waals surface area (Å²) >= 11 is 0.462. The molecule has 1 fully saturated rings. The third-order valence-corrected chi connectivity index (χ3v) is 4.52. The van der Waals surface area contributed by atoms with E-state index in [0.717, 1.165) is 29.1 Å². The molecule has 1 atom stereocenters. The maximum absolute atomic E-state index is 10.7. The average Bonchev–Trinajstić information content (AvgIpc) is 3.31. The van der Waals surface area contributed by atoms with Crippen molar-refractivity contribution in [1.82, 2.24) is 25.0 Å². The van der Waals surface area contributed by atoms with Crippen LogP contribution in [-0.2, 0) is 20.6 Å². The minimum Gasteiger partial charge on any atom is -0.377 e. The fraction of sp³-hybridized carbons (Fsp3) is 0.353. The quantitative estimate of drug-likeness (QED) is 0.550. The summed E-state index contributed by atoms with van der Waals surface area (Å²) in [7, 11) is 0. The number of ether oxygens (including phenoxy) is 1. The van der Waals surface area contributed by atoms with Crippen LogP contribution in [0.5, 0.6) is 0 Å². The first-order chi connectivity index (χ1) is 12.8. The fourth-order valence-electron chi connectivity index (χ4n) is 3.01. The van der Waals surface area contributed by atoms with Crippen LogP contribution < -0.4 is 4.90 Å². The highest BCUT2D eigenvalue weighted by Crippen LogP contribution is 2.26. The second-order valence-electron chi connectivity index (χ2n) is 5.94. The van der Waals surface area contributed by atoms with Crippen molar-refractivity contribution in [3.63, 3.8) is 0 Å². The summed E-state index contributed by atoms with van der Waals surface area (Å²) in [4.78, 5) is 7.05. The van der Waals surface area contributed by atoms with Crippen LogP contribution in [0.4, 0.5) is 5.82 Å². The Bertz CT molecular complexity index is 988. The first-order valence-electron chi connectivity index (χ1n) is 8.24. The SMILES string of the molecule is C[C@@H]1COCCN1c1cc(C#CC[S+]=O)c2cnn(-c3ccn[nH]3)c2n1. The van der Waals surface area contributed by atoms with E-state index in [2.05, 4.69) is 39.0 Å². The molecule has 1 aliphatic heterocycles. The standard InChI is InChI=1S/C17H17N6O2S/c1-12-11-25-7-6-22(12)16-9-13(3-2-8-26-24)14-10-19-23(17(14)20-16)15-4-5-18-21-15/h4-5,9-10,12H,6-8,11H2,1H3,(H,18,21)/q+1/t12-/m1/s1. The normalized spacial score (nSPS) is 17.1. The summed E-state index contributed by atoms with van der Waals surface area (Å²) < 4.78 is 17.9. The third-order valence-electron chi connectivity index (χ3n) is 4.26. The van der Waals surface area contributed by atoms with Crippen LogP contribution in [0.15, 0.2) is 24.5 Å². The summed E-state index contributed by atoms with van der Waals surface area (Å²) in [6, 6.07) is 4.01. The van der Waals surface area contributed by atoms with E-state index in [0.29, 0.717) is 30.5 Å². The Morgan fingerprint density at radius 1 is 1.50 bits per heavy atom. The monoisotopic (exact) mass is 369 g/mol. The topological polar surface area (TPSA) is 88.9 Å². The van der Waals surface area contributed by atoms with Crippen LogP contribution in [0.1, 0.15) is 12.5 Å². The highest BCUT2D eigenvalue weighted by atomic mass is 32.1. The van der Waals surface area contributed by atoms with Crippen molar-refractivity contribution in [3.05, 3.63) is 30.1 Å². The van der Waals surface area contributed by atoms with Gasteiger partial charge in [-0.15, -0.1) is 0 Å². The summed E-state index contributed by atoms with van der Waals surface area (Å²) in [6.07, 6.45) is 3.41. The number of nitrogens with zero attached hydrogens (tertiary/aromatic N) is 5. The van der Waals surface area contributed by atoms with Gasteiger partial charge in [-0.2, -0.15) is 14.9 Å². The van der Waals surface area contributed by atoms with Crippen LogP contribution in [0, 0.1) is 11.8 Å². The number of H-pyrrole nitrogens is 1. The Morgan fingerprint density at radius 3 is 3.19 bits per heavy atom. The summed E-state index contributed by atoms with van der Waals surface area (Å²) in [6.45, 7) is 4.20. The van der Waals surface area contributed by atoms with Crippen LogP contribution in [-0.4, -0.2) is 56.5 Å². The van der Waals surface area contributed by atoms with Gasteiger partial charge in [-0.05, 0) is 18.9 Å². The van der Waals surface area contributed by atoms with Gasteiger partial charge in [-0.3, -0.25) is 5.10 Å². The molecule has 0 unspecified atom stereocenters. The molecule has 0 spiro atoms. The molecule has 4 heterocycles. The maximum atomic E-state index is 10.7. The molecule has 132 valence electrons. The Labute approximate surface area is 154 Å². The van der Waals surface area contributed by atoms with Crippen molar-refractivity contribution >= 4 is 28.5 Å². The predicted octanol–water partition coefficient (Wildman–Crippen LogP) is 1.15. The first kappa shape index (κ1) is 16.6. The predicted molar refractivity (Wildman–Crippen MR) is 98.4 cm³/mol. The molecular formula is C17H17N6O2S+. The molecule has 3 aromatic heterocycles. The number of aromatic nitrogens is 5. The Balaban J connectivity index is 1.88. The van der Waals surface area contributed by atoms with Gasteiger partial charge < -0.3 is 9.64 Å². The van der Waals surface area contributed by atoms with Gasteiger partial charge in [0.05, 0.1) is 37.0 Å². The molecule has 4 rings (SSSR count).